The molecule has 6 heteroatoms. The summed E-state index contributed by atoms with van der Waals surface area (Å²) >= 11 is 0. The first-order chi connectivity index (χ1) is 7.65. The van der Waals surface area contributed by atoms with Gasteiger partial charge in [-0.15, -0.1) is 12.4 Å². The van der Waals surface area contributed by atoms with Crippen LogP contribution in [0.5, 0.6) is 0 Å². The molecule has 0 bridgehead atoms. The second-order valence-corrected chi connectivity index (χ2v) is 4.82. The van der Waals surface area contributed by atoms with Crippen LogP contribution in [-0.2, 0) is 14.3 Å². The molecule has 0 radical (unpaired) electrons. The Morgan fingerprint density at radius 3 is 2.65 bits per heavy atom. The van der Waals surface area contributed by atoms with Gasteiger partial charge in [-0.1, -0.05) is 0 Å². The number of rotatable bonds is 4. The maximum Gasteiger partial charge on any atom is 0.252 e. The number of hydrogen-bond acceptors (Lipinski definition) is 4. The smallest absolute Gasteiger partial charge is 0.252 e. The highest BCUT2D eigenvalue weighted by atomic mass is 35.5. The maximum atomic E-state index is 11.9. The van der Waals surface area contributed by atoms with Gasteiger partial charge in [0.1, 0.15) is 0 Å². The minimum Gasteiger partial charge on any atom is -0.376 e. The topological polar surface area (TPSA) is 73.6 Å². The van der Waals surface area contributed by atoms with Gasteiger partial charge in [0.15, 0.2) is 6.10 Å². The summed E-state index contributed by atoms with van der Waals surface area (Å²) in [6.45, 7) is 3.88. The number of hydrogen-bond donors (Lipinski definition) is 2. The quantitative estimate of drug-likeness (QED) is 0.754. The second-order valence-electron chi connectivity index (χ2n) is 4.82. The normalized spacial score (nSPS) is 27.8. The molecule has 5 nitrogen and oxygen atoms in total. The minimum atomic E-state index is -0.474. The van der Waals surface area contributed by atoms with Crippen LogP contribution in [0.4, 0.5) is 0 Å². The molecule has 1 saturated carbocycles. The van der Waals surface area contributed by atoms with E-state index in [0.29, 0.717) is 32.3 Å². The first-order valence-electron chi connectivity index (χ1n) is 5.87. The Bertz CT molecular complexity index is 267. The Morgan fingerprint density at radius 2 is 2.18 bits per heavy atom. The summed E-state index contributed by atoms with van der Waals surface area (Å²) in [5, 5.41) is 3.01. The predicted molar refractivity (Wildman–Crippen MR) is 66.1 cm³/mol. The van der Waals surface area contributed by atoms with Crippen molar-refractivity contribution in [2.45, 2.75) is 31.4 Å². The fourth-order valence-corrected chi connectivity index (χ4v) is 2.04. The summed E-state index contributed by atoms with van der Waals surface area (Å²) in [7, 11) is 0. The first-order valence-corrected chi connectivity index (χ1v) is 5.87. The highest BCUT2D eigenvalue weighted by Gasteiger charge is 2.42. The van der Waals surface area contributed by atoms with E-state index in [4.69, 9.17) is 15.2 Å². The summed E-state index contributed by atoms with van der Waals surface area (Å²) in [6.07, 6.45) is 1.82. The van der Waals surface area contributed by atoms with Crippen LogP contribution in [0.25, 0.3) is 0 Å². The molecule has 0 aromatic carbocycles. The minimum absolute atomic E-state index is 0. The van der Waals surface area contributed by atoms with Gasteiger partial charge in [-0.3, -0.25) is 4.79 Å². The summed E-state index contributed by atoms with van der Waals surface area (Å²) < 4.78 is 10.6. The molecule has 2 atom stereocenters. The van der Waals surface area contributed by atoms with Crippen LogP contribution in [0.1, 0.15) is 19.8 Å². The van der Waals surface area contributed by atoms with Crippen molar-refractivity contribution in [3.05, 3.63) is 0 Å². The summed E-state index contributed by atoms with van der Waals surface area (Å²) in [4.78, 5) is 11.9. The van der Waals surface area contributed by atoms with Gasteiger partial charge in [0.05, 0.1) is 25.4 Å². The SMILES string of the molecule is CC(CN)(NC(=O)C1COCCO1)C1CC1.Cl. The fourth-order valence-electron chi connectivity index (χ4n) is 2.04. The zero-order chi connectivity index (χ0) is 11.6. The third kappa shape index (κ3) is 3.55. The van der Waals surface area contributed by atoms with Gasteiger partial charge >= 0.3 is 0 Å². The lowest BCUT2D eigenvalue weighted by atomic mass is 9.95. The molecule has 1 saturated heterocycles. The van der Waals surface area contributed by atoms with Crippen LogP contribution in [0, 0.1) is 5.92 Å². The van der Waals surface area contributed by atoms with Crippen molar-refractivity contribution in [3.8, 4) is 0 Å². The first kappa shape index (κ1) is 14.7. The molecule has 2 fully saturated rings. The monoisotopic (exact) mass is 264 g/mol. The van der Waals surface area contributed by atoms with Gasteiger partial charge in [0.2, 0.25) is 0 Å². The van der Waals surface area contributed by atoms with Crippen LogP contribution < -0.4 is 11.1 Å². The van der Waals surface area contributed by atoms with Gasteiger partial charge in [0, 0.05) is 6.54 Å². The zero-order valence-corrected chi connectivity index (χ0v) is 10.9. The molecule has 2 aliphatic rings. The number of halogens is 1. The Balaban J connectivity index is 0.00000144. The van der Waals surface area contributed by atoms with Crippen molar-refractivity contribution >= 4 is 18.3 Å². The van der Waals surface area contributed by atoms with Gasteiger partial charge in [0.25, 0.3) is 5.91 Å². The van der Waals surface area contributed by atoms with Crippen LogP contribution in [0.2, 0.25) is 0 Å². The third-order valence-corrected chi connectivity index (χ3v) is 3.42. The van der Waals surface area contributed by atoms with Gasteiger partial charge in [-0.2, -0.15) is 0 Å². The van der Waals surface area contributed by atoms with E-state index in [2.05, 4.69) is 5.32 Å². The molecule has 100 valence electrons. The second kappa shape index (κ2) is 6.00. The van der Waals surface area contributed by atoms with Crippen LogP contribution in [0.15, 0.2) is 0 Å². The van der Waals surface area contributed by atoms with Crippen LogP contribution >= 0.6 is 12.4 Å². The van der Waals surface area contributed by atoms with Crippen LogP contribution in [-0.4, -0.2) is 43.9 Å². The Morgan fingerprint density at radius 1 is 1.47 bits per heavy atom. The number of nitrogens with one attached hydrogen (secondary N) is 1. The Hall–Kier alpha value is -0.360. The summed E-state index contributed by atoms with van der Waals surface area (Å²) in [6, 6.07) is 0. The third-order valence-electron chi connectivity index (χ3n) is 3.42. The fraction of sp³-hybridized carbons (Fsp3) is 0.909. The van der Waals surface area contributed by atoms with Crippen LogP contribution in [0.3, 0.4) is 0 Å². The summed E-state index contributed by atoms with van der Waals surface area (Å²) in [5.74, 6) is 0.422. The summed E-state index contributed by atoms with van der Waals surface area (Å²) in [5.41, 5.74) is 5.46. The van der Waals surface area contributed by atoms with E-state index < -0.39 is 6.10 Å². The lowest BCUT2D eigenvalue weighted by molar-refractivity contribution is -0.149. The lowest BCUT2D eigenvalue weighted by Crippen LogP contribution is -2.57. The molecule has 0 aromatic rings. The van der Waals surface area contributed by atoms with Crippen molar-refractivity contribution in [1.29, 1.82) is 0 Å². The van der Waals surface area contributed by atoms with E-state index in [9.17, 15) is 4.79 Å². The molecular weight excluding hydrogens is 244 g/mol. The largest absolute Gasteiger partial charge is 0.376 e. The molecular formula is C11H21ClN2O3. The molecule has 17 heavy (non-hydrogen) atoms. The number of amides is 1. The van der Waals surface area contributed by atoms with E-state index in [0.717, 1.165) is 12.8 Å². The molecule has 1 aliphatic carbocycles. The number of carbonyl (C=O) groups excluding carboxylic acids is 1. The Labute approximate surface area is 108 Å². The number of ether oxygens (including phenoxy) is 2. The number of nitrogens with two attached hydrogens (primary N) is 1. The van der Waals surface area contributed by atoms with Crippen molar-refractivity contribution in [1.82, 2.24) is 5.32 Å². The van der Waals surface area contributed by atoms with Crippen molar-refractivity contribution in [3.63, 3.8) is 0 Å². The van der Waals surface area contributed by atoms with Gasteiger partial charge in [-0.25, -0.2) is 0 Å². The molecule has 1 aliphatic heterocycles. The van der Waals surface area contributed by atoms with E-state index >= 15 is 0 Å². The highest BCUT2D eigenvalue weighted by Crippen LogP contribution is 2.39. The molecule has 1 amide bonds. The molecule has 1 heterocycles. The predicted octanol–water partition coefficient (Wildman–Crippen LogP) is 0.0672. The standard InChI is InChI=1S/C11H20N2O3.ClH/c1-11(7-12,8-2-3-8)13-10(14)9-6-15-4-5-16-9;/h8-9H,2-7,12H2,1H3,(H,13,14);1H. The average molecular weight is 265 g/mol. The van der Waals surface area contributed by atoms with E-state index in [1.807, 2.05) is 6.92 Å². The molecule has 3 N–H and O–H groups in total. The van der Waals surface area contributed by atoms with E-state index in [-0.39, 0.29) is 23.9 Å². The lowest BCUT2D eigenvalue weighted by Gasteiger charge is -2.32. The molecule has 2 unspecified atom stereocenters. The molecule has 2 rings (SSSR count). The van der Waals surface area contributed by atoms with Crippen molar-refractivity contribution < 1.29 is 14.3 Å². The highest BCUT2D eigenvalue weighted by molar-refractivity contribution is 5.85. The van der Waals surface area contributed by atoms with Gasteiger partial charge < -0.3 is 20.5 Å². The molecule has 0 aromatic heterocycles. The Kier molecular flexibility index (Phi) is 5.19. The maximum absolute atomic E-state index is 11.9. The molecule has 0 spiro atoms. The zero-order valence-electron chi connectivity index (χ0n) is 10.1. The van der Waals surface area contributed by atoms with Gasteiger partial charge in [-0.05, 0) is 25.7 Å². The van der Waals surface area contributed by atoms with E-state index in [1.165, 1.54) is 0 Å². The average Bonchev–Trinajstić information content (AvgIpc) is 3.14. The number of carbonyl (C=O) groups is 1. The van der Waals surface area contributed by atoms with Crippen molar-refractivity contribution in [2.24, 2.45) is 11.7 Å². The van der Waals surface area contributed by atoms with Crippen molar-refractivity contribution in [2.75, 3.05) is 26.4 Å². The van der Waals surface area contributed by atoms with E-state index in [1.54, 1.807) is 0 Å².